The minimum Gasteiger partial charge on any atom is -0.378 e. The molecule has 0 bridgehead atoms. The van der Waals surface area contributed by atoms with Crippen LogP contribution in [0.1, 0.15) is 15.9 Å². The van der Waals surface area contributed by atoms with E-state index in [0.29, 0.717) is 16.9 Å². The van der Waals surface area contributed by atoms with E-state index in [0.717, 1.165) is 36.8 Å². The minimum atomic E-state index is -0.371. The number of ketones is 1. The molecule has 0 unspecified atom stereocenters. The Bertz CT molecular complexity index is 826. The molecule has 0 aromatic heterocycles. The van der Waals surface area contributed by atoms with Crippen molar-refractivity contribution in [2.75, 3.05) is 37.0 Å². The standard InChI is InChI=1S/C20H18FNO2S/c21-16-3-6-19-18(12-16)20(23)15(13-25-19)11-14-1-4-17(5-2-14)22-7-9-24-10-8-22/h1-6,11-12H,7-10,13H2/b15-11-. The van der Waals surface area contributed by atoms with Gasteiger partial charge in [-0.15, -0.1) is 11.8 Å². The predicted octanol–water partition coefficient (Wildman–Crippen LogP) is 4.03. The third-order valence-corrected chi connectivity index (χ3v) is 5.59. The molecule has 0 radical (unpaired) electrons. The monoisotopic (exact) mass is 355 g/mol. The number of hydrogen-bond acceptors (Lipinski definition) is 4. The largest absolute Gasteiger partial charge is 0.378 e. The molecule has 2 aromatic rings. The van der Waals surface area contributed by atoms with Crippen LogP contribution in [0.4, 0.5) is 10.1 Å². The van der Waals surface area contributed by atoms with Gasteiger partial charge in [-0.1, -0.05) is 12.1 Å². The van der Waals surface area contributed by atoms with Gasteiger partial charge >= 0.3 is 0 Å². The van der Waals surface area contributed by atoms with E-state index in [9.17, 15) is 9.18 Å². The number of ether oxygens (including phenoxy) is 1. The molecule has 128 valence electrons. The molecule has 0 aliphatic carbocycles. The van der Waals surface area contributed by atoms with Crippen molar-refractivity contribution in [3.8, 4) is 0 Å². The summed E-state index contributed by atoms with van der Waals surface area (Å²) < 4.78 is 18.8. The maximum atomic E-state index is 13.4. The molecule has 0 spiro atoms. The number of carbonyl (C=O) groups is 1. The van der Waals surface area contributed by atoms with Crippen molar-refractivity contribution in [3.63, 3.8) is 0 Å². The van der Waals surface area contributed by atoms with E-state index in [2.05, 4.69) is 17.0 Å². The van der Waals surface area contributed by atoms with E-state index in [1.807, 2.05) is 18.2 Å². The van der Waals surface area contributed by atoms with Gasteiger partial charge in [-0.3, -0.25) is 4.79 Å². The lowest BCUT2D eigenvalue weighted by atomic mass is 10.0. The zero-order chi connectivity index (χ0) is 17.2. The minimum absolute atomic E-state index is 0.0782. The van der Waals surface area contributed by atoms with Crippen molar-refractivity contribution in [2.24, 2.45) is 0 Å². The molecule has 2 aliphatic rings. The van der Waals surface area contributed by atoms with Gasteiger partial charge < -0.3 is 9.64 Å². The third-order valence-electron chi connectivity index (χ3n) is 4.47. The number of rotatable bonds is 2. The Morgan fingerprint density at radius 3 is 2.60 bits per heavy atom. The van der Waals surface area contributed by atoms with Gasteiger partial charge in [0.25, 0.3) is 0 Å². The van der Waals surface area contributed by atoms with Gasteiger partial charge in [-0.2, -0.15) is 0 Å². The Morgan fingerprint density at radius 1 is 1.08 bits per heavy atom. The van der Waals surface area contributed by atoms with Crippen LogP contribution in [0.3, 0.4) is 0 Å². The van der Waals surface area contributed by atoms with Crippen LogP contribution >= 0.6 is 11.8 Å². The van der Waals surface area contributed by atoms with Gasteiger partial charge in [0.1, 0.15) is 5.82 Å². The molecule has 2 aliphatic heterocycles. The number of carbonyl (C=O) groups excluding carboxylic acids is 1. The van der Waals surface area contributed by atoms with E-state index in [1.54, 1.807) is 17.8 Å². The second kappa shape index (κ2) is 7.02. The topological polar surface area (TPSA) is 29.5 Å². The van der Waals surface area contributed by atoms with E-state index >= 15 is 0 Å². The lowest BCUT2D eigenvalue weighted by molar-refractivity contribution is 0.103. The van der Waals surface area contributed by atoms with Crippen molar-refractivity contribution in [1.82, 2.24) is 0 Å². The number of nitrogens with zero attached hydrogens (tertiary/aromatic N) is 1. The molecular weight excluding hydrogens is 337 g/mol. The van der Waals surface area contributed by atoms with E-state index in [4.69, 9.17) is 4.74 Å². The number of halogens is 1. The van der Waals surface area contributed by atoms with Crippen LogP contribution in [0.15, 0.2) is 52.9 Å². The molecule has 2 heterocycles. The molecule has 25 heavy (non-hydrogen) atoms. The second-order valence-corrected chi connectivity index (χ2v) is 7.14. The van der Waals surface area contributed by atoms with Crippen molar-refractivity contribution < 1.29 is 13.9 Å². The van der Waals surface area contributed by atoms with E-state index in [-0.39, 0.29) is 11.6 Å². The highest BCUT2D eigenvalue weighted by Gasteiger charge is 2.23. The summed E-state index contributed by atoms with van der Waals surface area (Å²) in [5.74, 6) is 0.164. The first kappa shape index (κ1) is 16.4. The van der Waals surface area contributed by atoms with E-state index in [1.165, 1.54) is 17.8 Å². The number of morpholine rings is 1. The highest BCUT2D eigenvalue weighted by Crippen LogP contribution is 2.34. The molecule has 3 nitrogen and oxygen atoms in total. The van der Waals surface area contributed by atoms with Crippen molar-refractivity contribution in [3.05, 3.63) is 65.0 Å². The van der Waals surface area contributed by atoms with Crippen LogP contribution in [-0.4, -0.2) is 37.8 Å². The molecule has 0 amide bonds. The lowest BCUT2D eigenvalue weighted by Gasteiger charge is -2.28. The van der Waals surface area contributed by atoms with Crippen molar-refractivity contribution >= 4 is 29.3 Å². The Kier molecular flexibility index (Phi) is 4.59. The molecule has 0 N–H and O–H groups in total. The Balaban J connectivity index is 1.55. The zero-order valence-electron chi connectivity index (χ0n) is 13.7. The number of Topliss-reactive ketones (excluding diaryl/α,β-unsaturated/α-hetero) is 1. The first-order valence-corrected chi connectivity index (χ1v) is 9.30. The molecule has 2 aromatic carbocycles. The van der Waals surface area contributed by atoms with Crippen molar-refractivity contribution in [1.29, 1.82) is 0 Å². The zero-order valence-corrected chi connectivity index (χ0v) is 14.5. The van der Waals surface area contributed by atoms with Gasteiger partial charge in [0.05, 0.1) is 13.2 Å². The Morgan fingerprint density at radius 2 is 1.84 bits per heavy atom. The van der Waals surface area contributed by atoms with Crippen LogP contribution in [0.5, 0.6) is 0 Å². The molecule has 1 fully saturated rings. The Labute approximate surface area is 150 Å². The summed E-state index contributed by atoms with van der Waals surface area (Å²) in [6.45, 7) is 3.32. The summed E-state index contributed by atoms with van der Waals surface area (Å²) in [4.78, 5) is 15.8. The van der Waals surface area contributed by atoms with Gasteiger partial charge in [-0.25, -0.2) is 4.39 Å². The average molecular weight is 355 g/mol. The summed E-state index contributed by atoms with van der Waals surface area (Å²) in [7, 11) is 0. The van der Waals surface area contributed by atoms with Gasteiger partial charge in [0, 0.05) is 40.6 Å². The number of fused-ring (bicyclic) bond motifs is 1. The maximum absolute atomic E-state index is 13.4. The van der Waals surface area contributed by atoms with Gasteiger partial charge in [0.15, 0.2) is 5.78 Å². The fourth-order valence-electron chi connectivity index (χ4n) is 3.11. The smallest absolute Gasteiger partial charge is 0.191 e. The van der Waals surface area contributed by atoms with Crippen LogP contribution in [0.25, 0.3) is 6.08 Å². The van der Waals surface area contributed by atoms with Crippen LogP contribution in [-0.2, 0) is 4.74 Å². The SMILES string of the molecule is O=C1/C(=C\c2ccc(N3CCOCC3)cc2)CSc2ccc(F)cc21. The van der Waals surface area contributed by atoms with Gasteiger partial charge in [-0.05, 0) is 42.0 Å². The summed E-state index contributed by atoms with van der Waals surface area (Å²) in [6, 6.07) is 12.6. The third kappa shape index (κ3) is 3.48. The molecule has 4 rings (SSSR count). The summed E-state index contributed by atoms with van der Waals surface area (Å²) >= 11 is 1.58. The Hall–Kier alpha value is -2.11. The molecule has 0 atom stereocenters. The average Bonchev–Trinajstić information content (AvgIpc) is 2.66. The number of anilines is 1. The van der Waals surface area contributed by atoms with Crippen LogP contribution in [0.2, 0.25) is 0 Å². The summed E-state index contributed by atoms with van der Waals surface area (Å²) in [5, 5.41) is 0. The molecular formula is C20H18FNO2S. The predicted molar refractivity (Wildman–Crippen MR) is 98.9 cm³/mol. The summed E-state index contributed by atoms with van der Waals surface area (Å²) in [6.07, 6.45) is 1.91. The molecule has 1 saturated heterocycles. The maximum Gasteiger partial charge on any atom is 0.191 e. The van der Waals surface area contributed by atoms with E-state index < -0.39 is 0 Å². The fourth-order valence-corrected chi connectivity index (χ4v) is 4.11. The second-order valence-electron chi connectivity index (χ2n) is 6.12. The molecule has 0 saturated carbocycles. The quantitative estimate of drug-likeness (QED) is 0.761. The van der Waals surface area contributed by atoms with Crippen LogP contribution in [0, 0.1) is 5.82 Å². The number of thioether (sulfide) groups is 1. The first-order valence-electron chi connectivity index (χ1n) is 8.31. The summed E-state index contributed by atoms with van der Waals surface area (Å²) in [5.41, 5.74) is 3.33. The van der Waals surface area contributed by atoms with Gasteiger partial charge in [0.2, 0.25) is 0 Å². The fraction of sp³-hybridized carbons (Fsp3) is 0.250. The van der Waals surface area contributed by atoms with Crippen molar-refractivity contribution in [2.45, 2.75) is 4.90 Å². The molecule has 5 heteroatoms. The highest BCUT2D eigenvalue weighted by molar-refractivity contribution is 7.99. The lowest BCUT2D eigenvalue weighted by Crippen LogP contribution is -2.36. The number of hydrogen-bond donors (Lipinski definition) is 0. The normalized spacial score (nSPS) is 19.2. The van der Waals surface area contributed by atoms with Crippen LogP contribution < -0.4 is 4.90 Å². The highest BCUT2D eigenvalue weighted by atomic mass is 32.2. The number of benzene rings is 2. The first-order chi connectivity index (χ1) is 12.2.